The van der Waals surface area contributed by atoms with E-state index in [4.69, 9.17) is 5.73 Å². The van der Waals surface area contributed by atoms with Crippen molar-refractivity contribution in [3.05, 3.63) is 71.8 Å². The molecule has 2 heterocycles. The summed E-state index contributed by atoms with van der Waals surface area (Å²) in [7, 11) is 0. The Bertz CT molecular complexity index is 1160. The summed E-state index contributed by atoms with van der Waals surface area (Å²) in [6, 6.07) is 14.3. The van der Waals surface area contributed by atoms with Crippen LogP contribution in [0.4, 0.5) is 32.4 Å². The van der Waals surface area contributed by atoms with Gasteiger partial charge in [-0.1, -0.05) is 36.4 Å². The minimum Gasteiger partial charge on any atom is -0.368 e. The number of halogens is 2. The second kappa shape index (κ2) is 8.11. The van der Waals surface area contributed by atoms with Crippen LogP contribution in [-0.2, 0) is 0 Å². The molecule has 0 spiro atoms. The SMILES string of the molecule is CC(Nc1nc(N)nc(Nc2cc(-c3ccccc3)[nH]n2)n1)c1ccc(F)cc1F. The highest BCUT2D eigenvalue weighted by molar-refractivity contribution is 5.64. The molecule has 152 valence electrons. The summed E-state index contributed by atoms with van der Waals surface area (Å²) in [5.41, 5.74) is 7.84. The quantitative estimate of drug-likeness (QED) is 0.380. The second-order valence-corrected chi connectivity index (χ2v) is 6.53. The van der Waals surface area contributed by atoms with Crippen LogP contribution < -0.4 is 16.4 Å². The largest absolute Gasteiger partial charge is 0.368 e. The maximum atomic E-state index is 14.0. The number of nitrogens with two attached hydrogens (primary N) is 1. The number of benzene rings is 2. The van der Waals surface area contributed by atoms with Gasteiger partial charge >= 0.3 is 0 Å². The Kier molecular flexibility index (Phi) is 5.21. The summed E-state index contributed by atoms with van der Waals surface area (Å²) in [4.78, 5) is 12.3. The average Bonchev–Trinajstić information content (AvgIpc) is 3.16. The van der Waals surface area contributed by atoms with Gasteiger partial charge in [0.2, 0.25) is 17.8 Å². The van der Waals surface area contributed by atoms with Crippen LogP contribution in [0.3, 0.4) is 0 Å². The number of nitrogens with zero attached hydrogens (tertiary/aromatic N) is 4. The molecule has 0 aliphatic carbocycles. The lowest BCUT2D eigenvalue weighted by Gasteiger charge is -2.15. The zero-order chi connectivity index (χ0) is 21.1. The smallest absolute Gasteiger partial charge is 0.235 e. The molecule has 10 heteroatoms. The van der Waals surface area contributed by atoms with E-state index in [2.05, 4.69) is 35.8 Å². The fourth-order valence-electron chi connectivity index (χ4n) is 2.90. The highest BCUT2D eigenvalue weighted by Gasteiger charge is 2.14. The first-order chi connectivity index (χ1) is 14.5. The Morgan fingerprint density at radius 3 is 2.50 bits per heavy atom. The molecule has 0 fully saturated rings. The highest BCUT2D eigenvalue weighted by atomic mass is 19.1. The van der Waals surface area contributed by atoms with Gasteiger partial charge in [-0.15, -0.1) is 0 Å². The number of nitrogen functional groups attached to an aromatic ring is 1. The maximum Gasteiger partial charge on any atom is 0.235 e. The summed E-state index contributed by atoms with van der Waals surface area (Å²) < 4.78 is 27.1. The van der Waals surface area contributed by atoms with Gasteiger partial charge in [0.25, 0.3) is 0 Å². The van der Waals surface area contributed by atoms with E-state index >= 15 is 0 Å². The van der Waals surface area contributed by atoms with Crippen LogP contribution in [0.15, 0.2) is 54.6 Å². The van der Waals surface area contributed by atoms with Crippen molar-refractivity contribution in [1.82, 2.24) is 25.1 Å². The first-order valence-corrected chi connectivity index (χ1v) is 9.09. The maximum absolute atomic E-state index is 14.0. The number of hydrogen-bond donors (Lipinski definition) is 4. The van der Waals surface area contributed by atoms with E-state index in [0.29, 0.717) is 5.82 Å². The first-order valence-electron chi connectivity index (χ1n) is 9.09. The minimum atomic E-state index is -0.666. The van der Waals surface area contributed by atoms with Gasteiger partial charge < -0.3 is 16.4 Å². The van der Waals surface area contributed by atoms with E-state index in [1.165, 1.54) is 12.1 Å². The van der Waals surface area contributed by atoms with Crippen molar-refractivity contribution in [3.63, 3.8) is 0 Å². The average molecular weight is 408 g/mol. The van der Waals surface area contributed by atoms with E-state index in [9.17, 15) is 8.78 Å². The van der Waals surface area contributed by atoms with Crippen LogP contribution in [0, 0.1) is 11.6 Å². The predicted molar refractivity (Wildman–Crippen MR) is 110 cm³/mol. The van der Waals surface area contributed by atoms with E-state index in [1.54, 1.807) is 13.0 Å². The molecule has 0 saturated heterocycles. The molecule has 2 aromatic heterocycles. The summed E-state index contributed by atoms with van der Waals surface area (Å²) in [6.07, 6.45) is 0. The monoisotopic (exact) mass is 408 g/mol. The number of aromatic nitrogens is 5. The number of nitrogens with one attached hydrogen (secondary N) is 3. The molecule has 4 rings (SSSR count). The number of aromatic amines is 1. The topological polar surface area (TPSA) is 117 Å². The molecule has 0 amide bonds. The summed E-state index contributed by atoms with van der Waals surface area (Å²) in [5, 5.41) is 13.0. The third-order valence-electron chi connectivity index (χ3n) is 4.33. The van der Waals surface area contributed by atoms with E-state index in [0.717, 1.165) is 17.3 Å². The standard InChI is InChI=1S/C20H18F2N8/c1-11(14-8-7-13(21)9-15(14)22)24-19-26-18(23)27-20(28-19)25-17-10-16(29-30-17)12-5-3-2-4-6-12/h2-11H,1H3,(H5,23,24,25,26,27,28,29,30). The fourth-order valence-corrected chi connectivity index (χ4v) is 2.90. The van der Waals surface area contributed by atoms with Crippen molar-refractivity contribution in [3.8, 4) is 11.3 Å². The molecule has 0 saturated carbocycles. The summed E-state index contributed by atoms with van der Waals surface area (Å²) in [6.45, 7) is 1.70. The normalized spacial score (nSPS) is 11.8. The van der Waals surface area contributed by atoms with Gasteiger partial charge in [0.05, 0.1) is 11.7 Å². The number of H-pyrrole nitrogens is 1. The van der Waals surface area contributed by atoms with Gasteiger partial charge in [0.15, 0.2) is 5.82 Å². The summed E-state index contributed by atoms with van der Waals surface area (Å²) in [5.74, 6) is -0.542. The molecule has 5 N–H and O–H groups in total. The van der Waals surface area contributed by atoms with Gasteiger partial charge in [0, 0.05) is 17.7 Å². The van der Waals surface area contributed by atoms with Crippen LogP contribution in [0.1, 0.15) is 18.5 Å². The van der Waals surface area contributed by atoms with E-state index in [-0.39, 0.29) is 23.4 Å². The molecule has 8 nitrogen and oxygen atoms in total. The van der Waals surface area contributed by atoms with Crippen molar-refractivity contribution < 1.29 is 8.78 Å². The Morgan fingerprint density at radius 2 is 1.73 bits per heavy atom. The fraction of sp³-hybridized carbons (Fsp3) is 0.100. The Balaban J connectivity index is 1.51. The zero-order valence-corrected chi connectivity index (χ0v) is 15.9. The second-order valence-electron chi connectivity index (χ2n) is 6.53. The number of hydrogen-bond acceptors (Lipinski definition) is 7. The molecule has 0 aliphatic heterocycles. The minimum absolute atomic E-state index is 0.0272. The van der Waals surface area contributed by atoms with Gasteiger partial charge in [-0.3, -0.25) is 5.10 Å². The lowest BCUT2D eigenvalue weighted by molar-refractivity contribution is 0.566. The van der Waals surface area contributed by atoms with Crippen molar-refractivity contribution in [2.75, 3.05) is 16.4 Å². The van der Waals surface area contributed by atoms with Gasteiger partial charge in [-0.2, -0.15) is 20.1 Å². The van der Waals surface area contributed by atoms with Crippen molar-refractivity contribution >= 4 is 23.7 Å². The summed E-state index contributed by atoms with van der Waals surface area (Å²) >= 11 is 0. The van der Waals surface area contributed by atoms with Crippen LogP contribution in [0.2, 0.25) is 0 Å². The van der Waals surface area contributed by atoms with Crippen molar-refractivity contribution in [2.45, 2.75) is 13.0 Å². The lowest BCUT2D eigenvalue weighted by atomic mass is 10.1. The van der Waals surface area contributed by atoms with Crippen molar-refractivity contribution in [1.29, 1.82) is 0 Å². The van der Waals surface area contributed by atoms with Gasteiger partial charge in [0.1, 0.15) is 11.6 Å². The van der Waals surface area contributed by atoms with Gasteiger partial charge in [-0.05, 0) is 18.6 Å². The molecule has 0 radical (unpaired) electrons. The highest BCUT2D eigenvalue weighted by Crippen LogP contribution is 2.23. The molecule has 0 aliphatic rings. The number of anilines is 4. The molecule has 2 aromatic carbocycles. The predicted octanol–water partition coefficient (Wildman–Crippen LogP) is 4.04. The van der Waals surface area contributed by atoms with Crippen LogP contribution in [0.5, 0.6) is 0 Å². The van der Waals surface area contributed by atoms with E-state index in [1.807, 2.05) is 30.3 Å². The van der Waals surface area contributed by atoms with Crippen molar-refractivity contribution in [2.24, 2.45) is 0 Å². The third kappa shape index (κ3) is 4.32. The Labute approximate surface area is 170 Å². The molecular formula is C20H18F2N8. The molecule has 1 atom stereocenters. The Hall–Kier alpha value is -4.08. The molecule has 1 unspecified atom stereocenters. The zero-order valence-electron chi connectivity index (χ0n) is 15.9. The molecule has 30 heavy (non-hydrogen) atoms. The van der Waals surface area contributed by atoms with Crippen LogP contribution in [0.25, 0.3) is 11.3 Å². The molecule has 4 aromatic rings. The molecular weight excluding hydrogens is 390 g/mol. The van der Waals surface area contributed by atoms with Gasteiger partial charge in [-0.25, -0.2) is 8.78 Å². The van der Waals surface area contributed by atoms with Crippen LogP contribution >= 0.6 is 0 Å². The third-order valence-corrected chi connectivity index (χ3v) is 4.33. The lowest BCUT2D eigenvalue weighted by Crippen LogP contribution is -2.14. The number of rotatable bonds is 6. The first kappa shape index (κ1) is 19.2. The Morgan fingerprint density at radius 1 is 0.967 bits per heavy atom. The van der Waals surface area contributed by atoms with Crippen LogP contribution in [-0.4, -0.2) is 25.1 Å². The van der Waals surface area contributed by atoms with E-state index < -0.39 is 17.7 Å². The molecule has 0 bridgehead atoms.